The number of hydrogen-bond acceptors (Lipinski definition) is 5. The molecule has 0 bridgehead atoms. The van der Waals surface area contributed by atoms with Crippen LogP contribution in [0.4, 0.5) is 17.6 Å². The molecule has 0 aliphatic carbocycles. The molecule has 1 aromatic heterocycles. The molecule has 0 unspecified atom stereocenters. The number of benzene rings is 1. The third kappa shape index (κ3) is 5.59. The number of anilines is 3. The first kappa shape index (κ1) is 20.8. The van der Waals surface area contributed by atoms with Crippen LogP contribution in [0.25, 0.3) is 0 Å². The maximum absolute atomic E-state index is 5.52. The minimum atomic E-state index is 0.549. The van der Waals surface area contributed by atoms with Gasteiger partial charge in [-0.3, -0.25) is 0 Å². The van der Waals surface area contributed by atoms with E-state index in [1.54, 1.807) is 0 Å². The molecule has 0 spiro atoms. The van der Waals surface area contributed by atoms with Gasteiger partial charge in [0.25, 0.3) is 0 Å². The summed E-state index contributed by atoms with van der Waals surface area (Å²) in [4.78, 5) is 14.4. The molecule has 1 atom stereocenters. The number of nitrogens with zero attached hydrogens (tertiary/aromatic N) is 4. The first-order valence-corrected chi connectivity index (χ1v) is 11.6. The monoisotopic (exact) mass is 424 g/mol. The lowest BCUT2D eigenvalue weighted by Crippen LogP contribution is -2.36. The van der Waals surface area contributed by atoms with Gasteiger partial charge in [-0.05, 0) is 55.8 Å². The van der Waals surface area contributed by atoms with Gasteiger partial charge >= 0.3 is 0 Å². The maximum Gasteiger partial charge on any atom is 0.232 e. The Hall–Kier alpha value is -2.41. The number of nitrogens with one attached hydrogen (secondary N) is 2. The second-order valence-corrected chi connectivity index (χ2v) is 8.85. The van der Waals surface area contributed by atoms with Crippen LogP contribution in [-0.4, -0.2) is 41.3 Å². The lowest BCUT2D eigenvalue weighted by atomic mass is 10.0. The molecular weight excluding hydrogens is 392 g/mol. The Bertz CT molecular complexity index is 837. The van der Waals surface area contributed by atoms with Crippen molar-refractivity contribution in [2.75, 3.05) is 41.3 Å². The Morgan fingerprint density at radius 3 is 2.43 bits per heavy atom. The minimum Gasteiger partial charge on any atom is -0.358 e. The Morgan fingerprint density at radius 2 is 1.70 bits per heavy atom. The summed E-state index contributed by atoms with van der Waals surface area (Å²) >= 11 is 5.52. The lowest BCUT2D eigenvalue weighted by molar-refractivity contribution is 0.444. The third-order valence-electron chi connectivity index (χ3n) is 5.88. The minimum absolute atomic E-state index is 0.549. The fourth-order valence-corrected chi connectivity index (χ4v) is 4.41. The molecule has 2 N–H and O–H groups in total. The van der Waals surface area contributed by atoms with Gasteiger partial charge in [0.05, 0.1) is 0 Å². The van der Waals surface area contributed by atoms with Crippen LogP contribution >= 0.6 is 12.2 Å². The lowest BCUT2D eigenvalue weighted by Gasteiger charge is -2.33. The van der Waals surface area contributed by atoms with Gasteiger partial charge in [0.15, 0.2) is 5.11 Å². The largest absolute Gasteiger partial charge is 0.358 e. The van der Waals surface area contributed by atoms with E-state index in [0.717, 1.165) is 37.8 Å². The molecule has 160 valence electrons. The first-order chi connectivity index (χ1) is 14.7. The van der Waals surface area contributed by atoms with Crippen molar-refractivity contribution in [1.82, 2.24) is 15.3 Å². The Kier molecular flexibility index (Phi) is 7.00. The van der Waals surface area contributed by atoms with Gasteiger partial charge < -0.3 is 20.4 Å². The average molecular weight is 425 g/mol. The van der Waals surface area contributed by atoms with Crippen molar-refractivity contribution in [3.05, 3.63) is 42.0 Å². The highest BCUT2D eigenvalue weighted by molar-refractivity contribution is 7.80. The fraction of sp³-hybridized carbons (Fsp3) is 0.522. The van der Waals surface area contributed by atoms with Crippen LogP contribution in [0.5, 0.6) is 0 Å². The zero-order valence-corrected chi connectivity index (χ0v) is 18.6. The fourth-order valence-electron chi connectivity index (χ4n) is 4.25. The van der Waals surface area contributed by atoms with E-state index in [4.69, 9.17) is 22.2 Å². The van der Waals surface area contributed by atoms with E-state index < -0.39 is 0 Å². The molecular formula is C23H32N6S. The Morgan fingerprint density at radius 1 is 1.00 bits per heavy atom. The Balaban J connectivity index is 1.50. The van der Waals surface area contributed by atoms with Crippen LogP contribution in [0.15, 0.2) is 36.4 Å². The zero-order valence-electron chi connectivity index (χ0n) is 17.8. The van der Waals surface area contributed by atoms with Gasteiger partial charge in [-0.25, -0.2) is 0 Å². The molecule has 2 saturated heterocycles. The van der Waals surface area contributed by atoms with Crippen LogP contribution in [0.1, 0.15) is 44.6 Å². The molecule has 4 rings (SSSR count). The van der Waals surface area contributed by atoms with E-state index >= 15 is 0 Å². The van der Waals surface area contributed by atoms with E-state index in [0.29, 0.717) is 23.5 Å². The van der Waals surface area contributed by atoms with Gasteiger partial charge in [0.1, 0.15) is 11.6 Å². The summed E-state index contributed by atoms with van der Waals surface area (Å²) in [5.41, 5.74) is 1.19. The number of aromatic nitrogens is 2. The second-order valence-electron chi connectivity index (χ2n) is 8.44. The molecule has 0 amide bonds. The van der Waals surface area contributed by atoms with E-state index in [9.17, 15) is 0 Å². The highest BCUT2D eigenvalue weighted by Gasteiger charge is 2.21. The molecule has 3 heterocycles. The summed E-state index contributed by atoms with van der Waals surface area (Å²) in [6.45, 7) is 7.21. The van der Waals surface area contributed by atoms with Crippen LogP contribution in [0.2, 0.25) is 0 Å². The summed E-state index contributed by atoms with van der Waals surface area (Å²) in [5.74, 6) is 3.28. The highest BCUT2D eigenvalue weighted by atomic mass is 32.1. The second kappa shape index (κ2) is 10.1. The van der Waals surface area contributed by atoms with E-state index in [1.165, 1.54) is 37.7 Å². The summed E-state index contributed by atoms with van der Waals surface area (Å²) in [6, 6.07) is 12.4. The van der Waals surface area contributed by atoms with Gasteiger partial charge in [-0.1, -0.05) is 37.3 Å². The van der Waals surface area contributed by atoms with Gasteiger partial charge in [-0.2, -0.15) is 9.97 Å². The SMILES string of the molecule is C[C@@H]1CCCN(c2cc(N3CCCCC3)nc(NC(=S)NCc3ccccc3)n2)C1. The predicted octanol–water partition coefficient (Wildman–Crippen LogP) is 4.19. The van der Waals surface area contributed by atoms with Crippen molar-refractivity contribution in [3.8, 4) is 0 Å². The molecule has 2 aromatic rings. The quantitative estimate of drug-likeness (QED) is 0.698. The molecule has 2 aliphatic rings. The molecule has 1 aromatic carbocycles. The molecule has 2 fully saturated rings. The van der Waals surface area contributed by atoms with Crippen molar-refractivity contribution in [2.24, 2.45) is 5.92 Å². The van der Waals surface area contributed by atoms with E-state index in [1.807, 2.05) is 18.2 Å². The summed E-state index contributed by atoms with van der Waals surface area (Å²) in [5, 5.41) is 7.04. The molecule has 7 heteroatoms. The Labute approximate surface area is 185 Å². The van der Waals surface area contributed by atoms with Gasteiger partial charge in [-0.15, -0.1) is 0 Å². The zero-order chi connectivity index (χ0) is 20.8. The first-order valence-electron chi connectivity index (χ1n) is 11.1. The maximum atomic E-state index is 5.52. The molecule has 2 aliphatic heterocycles. The summed E-state index contributed by atoms with van der Waals surface area (Å²) < 4.78 is 0. The van der Waals surface area contributed by atoms with Crippen molar-refractivity contribution in [1.29, 1.82) is 0 Å². The third-order valence-corrected chi connectivity index (χ3v) is 6.13. The highest BCUT2D eigenvalue weighted by Crippen LogP contribution is 2.27. The average Bonchev–Trinajstić information content (AvgIpc) is 2.79. The molecule has 6 nitrogen and oxygen atoms in total. The van der Waals surface area contributed by atoms with Crippen molar-refractivity contribution < 1.29 is 0 Å². The summed E-state index contributed by atoms with van der Waals surface area (Å²) in [6.07, 6.45) is 6.25. The number of rotatable bonds is 5. The van der Waals surface area contributed by atoms with Crippen LogP contribution in [-0.2, 0) is 6.54 Å². The normalized spacial score (nSPS) is 19.4. The summed E-state index contributed by atoms with van der Waals surface area (Å²) in [7, 11) is 0. The number of thiocarbonyl (C=S) groups is 1. The predicted molar refractivity (Wildman–Crippen MR) is 128 cm³/mol. The van der Waals surface area contributed by atoms with Gasteiger partial charge in [0.2, 0.25) is 5.95 Å². The van der Waals surface area contributed by atoms with Crippen LogP contribution < -0.4 is 20.4 Å². The number of piperidine rings is 2. The number of hydrogen-bond donors (Lipinski definition) is 2. The van der Waals surface area contributed by atoms with Crippen LogP contribution in [0.3, 0.4) is 0 Å². The van der Waals surface area contributed by atoms with E-state index in [2.05, 4.69) is 45.6 Å². The standard InChI is InChI=1S/C23H32N6S/c1-18-9-8-14-29(17-18)21-15-20(28-12-6-3-7-13-28)25-22(26-21)27-23(30)24-16-19-10-4-2-5-11-19/h2,4-5,10-11,15,18H,3,6-9,12-14,16-17H2,1H3,(H2,24,25,26,27,30)/t18-/m1/s1. The van der Waals surface area contributed by atoms with Crippen LogP contribution in [0, 0.1) is 5.92 Å². The van der Waals surface area contributed by atoms with Crippen molar-refractivity contribution in [3.63, 3.8) is 0 Å². The van der Waals surface area contributed by atoms with Crippen molar-refractivity contribution >= 4 is 34.9 Å². The van der Waals surface area contributed by atoms with Gasteiger partial charge in [0, 0.05) is 38.8 Å². The topological polar surface area (TPSA) is 56.3 Å². The smallest absolute Gasteiger partial charge is 0.232 e. The molecule has 0 radical (unpaired) electrons. The molecule has 0 saturated carbocycles. The van der Waals surface area contributed by atoms with Crippen molar-refractivity contribution in [2.45, 2.75) is 45.6 Å². The van der Waals surface area contributed by atoms with E-state index in [-0.39, 0.29) is 0 Å². The molecule has 30 heavy (non-hydrogen) atoms.